The van der Waals surface area contributed by atoms with Crippen molar-refractivity contribution >= 4 is 27.3 Å². The van der Waals surface area contributed by atoms with E-state index >= 15 is 0 Å². The molecular weight excluding hydrogens is 393 g/mol. The van der Waals surface area contributed by atoms with Crippen LogP contribution in [-0.4, -0.2) is 46.3 Å². The number of amides is 1. The molecule has 29 heavy (non-hydrogen) atoms. The molecule has 1 N–H and O–H groups in total. The number of fused-ring (bicyclic) bond motifs is 1. The molecule has 1 fully saturated rings. The lowest BCUT2D eigenvalue weighted by Gasteiger charge is -2.34. The van der Waals surface area contributed by atoms with Crippen molar-refractivity contribution in [2.45, 2.75) is 25.3 Å². The molecule has 0 bridgehead atoms. The standard InChI is InChI=1S/C21H24FN3O3S/c1-29(27,28)25-11-9-15-12-16(7-8-20(15)25)21(26)23-18-5-3-10-24(14-18)19-6-2-4-17(22)13-19/h2,4,6-8,12-13,18H,3,5,9-11,14H2,1H3,(H,23,26). The number of carbonyl (C=O) groups excluding carboxylic acids is 1. The highest BCUT2D eigenvalue weighted by Crippen LogP contribution is 2.30. The molecule has 2 aromatic carbocycles. The van der Waals surface area contributed by atoms with E-state index in [-0.39, 0.29) is 17.8 Å². The van der Waals surface area contributed by atoms with Gasteiger partial charge in [0.05, 0.1) is 11.9 Å². The Balaban J connectivity index is 1.44. The largest absolute Gasteiger partial charge is 0.369 e. The first kappa shape index (κ1) is 19.7. The predicted octanol–water partition coefficient (Wildman–Crippen LogP) is 2.55. The SMILES string of the molecule is CS(=O)(=O)N1CCc2cc(C(=O)NC3CCCN(c4cccc(F)c4)C3)ccc21. The Morgan fingerprint density at radius 3 is 2.76 bits per heavy atom. The molecule has 2 aromatic rings. The van der Waals surface area contributed by atoms with Crippen LogP contribution in [0, 0.1) is 5.82 Å². The summed E-state index contributed by atoms with van der Waals surface area (Å²) in [7, 11) is -3.31. The van der Waals surface area contributed by atoms with E-state index < -0.39 is 10.0 Å². The lowest BCUT2D eigenvalue weighted by Crippen LogP contribution is -2.47. The molecule has 4 rings (SSSR count). The lowest BCUT2D eigenvalue weighted by atomic mass is 10.0. The van der Waals surface area contributed by atoms with Gasteiger partial charge in [0.2, 0.25) is 10.0 Å². The van der Waals surface area contributed by atoms with Crippen LogP contribution in [0.4, 0.5) is 15.8 Å². The van der Waals surface area contributed by atoms with Crippen LogP contribution in [0.15, 0.2) is 42.5 Å². The maximum absolute atomic E-state index is 13.5. The predicted molar refractivity (Wildman–Crippen MR) is 111 cm³/mol. The monoisotopic (exact) mass is 417 g/mol. The Labute approximate surface area is 170 Å². The van der Waals surface area contributed by atoms with E-state index in [2.05, 4.69) is 10.2 Å². The van der Waals surface area contributed by atoms with Crippen molar-refractivity contribution in [3.05, 3.63) is 59.4 Å². The topological polar surface area (TPSA) is 69.7 Å². The lowest BCUT2D eigenvalue weighted by molar-refractivity contribution is 0.0933. The summed E-state index contributed by atoms with van der Waals surface area (Å²) >= 11 is 0. The van der Waals surface area contributed by atoms with Gasteiger partial charge in [-0.3, -0.25) is 9.10 Å². The van der Waals surface area contributed by atoms with E-state index in [9.17, 15) is 17.6 Å². The summed E-state index contributed by atoms with van der Waals surface area (Å²) < 4.78 is 38.6. The van der Waals surface area contributed by atoms with E-state index in [1.165, 1.54) is 22.7 Å². The van der Waals surface area contributed by atoms with Crippen molar-refractivity contribution in [2.75, 3.05) is 35.1 Å². The minimum absolute atomic E-state index is 0.0275. The Kier molecular flexibility index (Phi) is 5.21. The molecule has 0 aliphatic carbocycles. The number of hydrogen-bond acceptors (Lipinski definition) is 4. The molecule has 6 nitrogen and oxygen atoms in total. The van der Waals surface area contributed by atoms with Crippen molar-refractivity contribution in [1.29, 1.82) is 0 Å². The third-order valence-electron chi connectivity index (χ3n) is 5.52. The van der Waals surface area contributed by atoms with Crippen molar-refractivity contribution in [3.63, 3.8) is 0 Å². The maximum atomic E-state index is 13.5. The second-order valence-corrected chi connectivity index (χ2v) is 9.57. The van der Waals surface area contributed by atoms with Crippen LogP contribution in [0.3, 0.4) is 0 Å². The van der Waals surface area contributed by atoms with E-state index in [0.29, 0.717) is 30.8 Å². The summed E-state index contributed by atoms with van der Waals surface area (Å²) in [6, 6.07) is 11.6. The molecule has 2 aliphatic rings. The number of piperidine rings is 1. The van der Waals surface area contributed by atoms with Gasteiger partial charge < -0.3 is 10.2 Å². The summed E-state index contributed by atoms with van der Waals surface area (Å²) in [5.74, 6) is -0.438. The van der Waals surface area contributed by atoms with E-state index in [0.717, 1.165) is 30.6 Å². The Morgan fingerprint density at radius 2 is 2.00 bits per heavy atom. The van der Waals surface area contributed by atoms with Gasteiger partial charge >= 0.3 is 0 Å². The molecule has 0 radical (unpaired) electrons. The maximum Gasteiger partial charge on any atom is 0.251 e. The highest BCUT2D eigenvalue weighted by molar-refractivity contribution is 7.92. The normalized spacial score (nSPS) is 19.2. The van der Waals surface area contributed by atoms with Gasteiger partial charge in [-0.1, -0.05) is 6.07 Å². The average molecular weight is 418 g/mol. The quantitative estimate of drug-likeness (QED) is 0.830. The fourth-order valence-corrected chi connectivity index (χ4v) is 5.09. The van der Waals surface area contributed by atoms with Crippen LogP contribution >= 0.6 is 0 Å². The van der Waals surface area contributed by atoms with Crippen LogP contribution < -0.4 is 14.5 Å². The van der Waals surface area contributed by atoms with Crippen molar-refractivity contribution in [1.82, 2.24) is 5.32 Å². The first-order valence-electron chi connectivity index (χ1n) is 9.73. The molecule has 2 heterocycles. The molecule has 1 unspecified atom stereocenters. The van der Waals surface area contributed by atoms with Gasteiger partial charge in [0.1, 0.15) is 5.82 Å². The van der Waals surface area contributed by atoms with Gasteiger partial charge in [0.25, 0.3) is 5.91 Å². The van der Waals surface area contributed by atoms with E-state index in [1.807, 2.05) is 6.07 Å². The van der Waals surface area contributed by atoms with Crippen LogP contribution in [0.1, 0.15) is 28.8 Å². The zero-order valence-corrected chi connectivity index (χ0v) is 17.1. The summed E-state index contributed by atoms with van der Waals surface area (Å²) in [6.07, 6.45) is 3.57. The summed E-state index contributed by atoms with van der Waals surface area (Å²) in [5.41, 5.74) is 2.87. The first-order chi connectivity index (χ1) is 13.8. The molecule has 0 spiro atoms. The number of benzene rings is 2. The first-order valence-corrected chi connectivity index (χ1v) is 11.6. The van der Waals surface area contributed by atoms with Crippen molar-refractivity contribution in [3.8, 4) is 0 Å². The molecule has 2 aliphatic heterocycles. The number of hydrogen-bond donors (Lipinski definition) is 1. The number of rotatable bonds is 4. The number of carbonyl (C=O) groups is 1. The zero-order chi connectivity index (χ0) is 20.6. The minimum atomic E-state index is -3.31. The minimum Gasteiger partial charge on any atom is -0.369 e. The van der Waals surface area contributed by atoms with E-state index in [1.54, 1.807) is 24.3 Å². The highest BCUT2D eigenvalue weighted by atomic mass is 32.2. The second kappa shape index (κ2) is 7.67. The number of halogens is 1. The molecule has 1 atom stereocenters. The smallest absolute Gasteiger partial charge is 0.251 e. The van der Waals surface area contributed by atoms with Crippen molar-refractivity contribution < 1.29 is 17.6 Å². The van der Waals surface area contributed by atoms with Gasteiger partial charge in [-0.2, -0.15) is 0 Å². The molecular formula is C21H24FN3O3S. The fourth-order valence-electron chi connectivity index (χ4n) is 4.13. The van der Waals surface area contributed by atoms with Crippen molar-refractivity contribution in [2.24, 2.45) is 0 Å². The average Bonchev–Trinajstić information content (AvgIpc) is 3.12. The van der Waals surface area contributed by atoms with Crippen LogP contribution in [0.25, 0.3) is 0 Å². The second-order valence-electron chi connectivity index (χ2n) is 7.67. The Morgan fingerprint density at radius 1 is 1.17 bits per heavy atom. The van der Waals surface area contributed by atoms with Gasteiger partial charge in [-0.05, 0) is 61.2 Å². The molecule has 1 saturated heterocycles. The van der Waals surface area contributed by atoms with Gasteiger partial charge in [-0.25, -0.2) is 12.8 Å². The molecule has 1 amide bonds. The summed E-state index contributed by atoms with van der Waals surface area (Å²) in [6.45, 7) is 1.86. The van der Waals surface area contributed by atoms with Gasteiger partial charge in [0.15, 0.2) is 0 Å². The molecule has 0 saturated carbocycles. The molecule has 0 aromatic heterocycles. The summed E-state index contributed by atoms with van der Waals surface area (Å²) in [5, 5.41) is 3.08. The van der Waals surface area contributed by atoms with Gasteiger partial charge in [-0.15, -0.1) is 0 Å². The van der Waals surface area contributed by atoms with Crippen LogP contribution in [-0.2, 0) is 16.4 Å². The molecule has 8 heteroatoms. The Bertz CT molecular complexity index is 1040. The number of anilines is 2. The Hall–Kier alpha value is -2.61. The number of nitrogens with zero attached hydrogens (tertiary/aromatic N) is 2. The third kappa shape index (κ3) is 4.22. The van der Waals surface area contributed by atoms with Gasteiger partial charge in [0, 0.05) is 36.9 Å². The van der Waals surface area contributed by atoms with Crippen LogP contribution in [0.2, 0.25) is 0 Å². The zero-order valence-electron chi connectivity index (χ0n) is 16.3. The number of sulfonamides is 1. The molecule has 154 valence electrons. The highest BCUT2D eigenvalue weighted by Gasteiger charge is 2.27. The fraction of sp³-hybridized carbons (Fsp3) is 0.381. The van der Waals surface area contributed by atoms with E-state index in [4.69, 9.17) is 0 Å². The van der Waals surface area contributed by atoms with Crippen LogP contribution in [0.5, 0.6) is 0 Å². The summed E-state index contributed by atoms with van der Waals surface area (Å²) in [4.78, 5) is 14.9. The number of nitrogens with one attached hydrogen (secondary N) is 1. The third-order valence-corrected chi connectivity index (χ3v) is 6.70.